The SMILES string of the molecule is CC(Cc1ccc(Br)cc1)N(C)C1CNC1. The summed E-state index contributed by atoms with van der Waals surface area (Å²) in [5, 5.41) is 3.32. The van der Waals surface area contributed by atoms with Gasteiger partial charge in [-0.05, 0) is 38.1 Å². The van der Waals surface area contributed by atoms with E-state index in [1.165, 1.54) is 5.56 Å². The molecule has 1 atom stereocenters. The highest BCUT2D eigenvalue weighted by Gasteiger charge is 2.24. The van der Waals surface area contributed by atoms with Crippen molar-refractivity contribution in [3.8, 4) is 0 Å². The molecule has 0 spiro atoms. The first-order chi connectivity index (χ1) is 7.66. The van der Waals surface area contributed by atoms with E-state index in [-0.39, 0.29) is 0 Å². The van der Waals surface area contributed by atoms with Crippen molar-refractivity contribution in [3.05, 3.63) is 34.3 Å². The zero-order chi connectivity index (χ0) is 11.5. The van der Waals surface area contributed by atoms with E-state index in [2.05, 4.69) is 64.4 Å². The molecule has 0 radical (unpaired) electrons. The fourth-order valence-corrected chi connectivity index (χ4v) is 2.29. The van der Waals surface area contributed by atoms with Crippen LogP contribution in [0.2, 0.25) is 0 Å². The highest BCUT2D eigenvalue weighted by Crippen LogP contribution is 2.15. The molecule has 16 heavy (non-hydrogen) atoms. The molecule has 1 unspecified atom stereocenters. The Labute approximate surface area is 106 Å². The predicted octanol–water partition coefficient (Wildman–Crippen LogP) is 2.28. The number of nitrogens with one attached hydrogen (secondary N) is 1. The molecule has 0 saturated carbocycles. The van der Waals surface area contributed by atoms with Gasteiger partial charge >= 0.3 is 0 Å². The Balaban J connectivity index is 1.90. The largest absolute Gasteiger partial charge is 0.314 e. The van der Waals surface area contributed by atoms with E-state index in [1.807, 2.05) is 0 Å². The molecule has 3 heteroatoms. The summed E-state index contributed by atoms with van der Waals surface area (Å²) in [5.41, 5.74) is 1.41. The summed E-state index contributed by atoms with van der Waals surface area (Å²) in [6.45, 7) is 4.59. The van der Waals surface area contributed by atoms with Crippen LogP contribution in [-0.4, -0.2) is 37.1 Å². The molecule has 1 N–H and O–H groups in total. The van der Waals surface area contributed by atoms with Crippen molar-refractivity contribution < 1.29 is 0 Å². The maximum atomic E-state index is 3.47. The van der Waals surface area contributed by atoms with E-state index in [0.717, 1.165) is 30.0 Å². The monoisotopic (exact) mass is 282 g/mol. The third kappa shape index (κ3) is 2.84. The summed E-state index contributed by atoms with van der Waals surface area (Å²) in [6.07, 6.45) is 1.13. The van der Waals surface area contributed by atoms with Crippen LogP contribution in [0.4, 0.5) is 0 Å². The van der Waals surface area contributed by atoms with Crippen molar-refractivity contribution in [1.29, 1.82) is 0 Å². The van der Waals surface area contributed by atoms with Crippen molar-refractivity contribution in [1.82, 2.24) is 10.2 Å². The average Bonchev–Trinajstić information content (AvgIpc) is 2.19. The van der Waals surface area contributed by atoms with Gasteiger partial charge in [0.2, 0.25) is 0 Å². The van der Waals surface area contributed by atoms with Crippen LogP contribution < -0.4 is 5.32 Å². The number of hydrogen-bond donors (Lipinski definition) is 1. The lowest BCUT2D eigenvalue weighted by molar-refractivity contribution is 0.135. The van der Waals surface area contributed by atoms with Crippen LogP contribution in [0.1, 0.15) is 12.5 Å². The maximum absolute atomic E-state index is 3.47. The second-order valence-electron chi connectivity index (χ2n) is 4.66. The van der Waals surface area contributed by atoms with Crippen LogP contribution in [-0.2, 0) is 6.42 Å². The van der Waals surface area contributed by atoms with E-state index >= 15 is 0 Å². The molecule has 1 aliphatic heterocycles. The van der Waals surface area contributed by atoms with Gasteiger partial charge in [0.15, 0.2) is 0 Å². The van der Waals surface area contributed by atoms with Crippen molar-refractivity contribution >= 4 is 15.9 Å². The van der Waals surface area contributed by atoms with Gasteiger partial charge in [0.05, 0.1) is 0 Å². The Morgan fingerprint density at radius 1 is 1.38 bits per heavy atom. The third-order valence-corrected chi connectivity index (χ3v) is 4.00. The van der Waals surface area contributed by atoms with E-state index in [4.69, 9.17) is 0 Å². The number of halogens is 1. The number of nitrogens with zero attached hydrogens (tertiary/aromatic N) is 1. The number of benzene rings is 1. The first kappa shape index (κ1) is 12.1. The second kappa shape index (κ2) is 5.30. The number of rotatable bonds is 4. The van der Waals surface area contributed by atoms with Gasteiger partial charge in [-0.1, -0.05) is 28.1 Å². The smallest absolute Gasteiger partial charge is 0.0345 e. The second-order valence-corrected chi connectivity index (χ2v) is 5.57. The molecule has 2 nitrogen and oxygen atoms in total. The first-order valence-electron chi connectivity index (χ1n) is 5.84. The normalized spacial score (nSPS) is 18.5. The van der Waals surface area contributed by atoms with Gasteiger partial charge in [-0.25, -0.2) is 0 Å². The molecular formula is C13H19BrN2. The lowest BCUT2D eigenvalue weighted by atomic mass is 10.0. The summed E-state index contributed by atoms with van der Waals surface area (Å²) >= 11 is 3.47. The van der Waals surface area contributed by atoms with Gasteiger partial charge in [0.25, 0.3) is 0 Å². The summed E-state index contributed by atoms with van der Waals surface area (Å²) in [5.74, 6) is 0. The fraction of sp³-hybridized carbons (Fsp3) is 0.538. The quantitative estimate of drug-likeness (QED) is 0.912. The van der Waals surface area contributed by atoms with E-state index in [1.54, 1.807) is 0 Å². The molecule has 1 heterocycles. The van der Waals surface area contributed by atoms with E-state index in [0.29, 0.717) is 6.04 Å². The molecule has 1 aromatic carbocycles. The lowest BCUT2D eigenvalue weighted by Crippen LogP contribution is -2.58. The summed E-state index contributed by atoms with van der Waals surface area (Å²) in [4.78, 5) is 2.48. The van der Waals surface area contributed by atoms with Gasteiger partial charge < -0.3 is 5.32 Å². The van der Waals surface area contributed by atoms with Crippen LogP contribution in [0.5, 0.6) is 0 Å². The minimum Gasteiger partial charge on any atom is -0.314 e. The standard InChI is InChI=1S/C13H19BrN2/c1-10(16(2)13-8-15-9-13)7-11-3-5-12(14)6-4-11/h3-6,10,13,15H,7-9H2,1-2H3. The van der Waals surface area contributed by atoms with Crippen LogP contribution in [0.25, 0.3) is 0 Å². The van der Waals surface area contributed by atoms with E-state index < -0.39 is 0 Å². The van der Waals surface area contributed by atoms with Crippen molar-refractivity contribution in [2.75, 3.05) is 20.1 Å². The molecule has 1 aliphatic rings. The third-order valence-electron chi connectivity index (χ3n) is 3.48. The molecule has 1 saturated heterocycles. The Kier molecular flexibility index (Phi) is 4.00. The van der Waals surface area contributed by atoms with Gasteiger partial charge in [0.1, 0.15) is 0 Å². The molecule has 0 bridgehead atoms. The molecule has 0 aliphatic carbocycles. The minimum atomic E-state index is 0.605. The van der Waals surface area contributed by atoms with E-state index in [9.17, 15) is 0 Å². The molecule has 0 amide bonds. The zero-order valence-corrected chi connectivity index (χ0v) is 11.5. The van der Waals surface area contributed by atoms with Crippen LogP contribution in [0.3, 0.4) is 0 Å². The molecule has 1 aromatic rings. The highest BCUT2D eigenvalue weighted by molar-refractivity contribution is 9.10. The summed E-state index contributed by atoms with van der Waals surface area (Å²) < 4.78 is 1.15. The Bertz CT molecular complexity index is 332. The van der Waals surface area contributed by atoms with Gasteiger partial charge in [0, 0.05) is 29.6 Å². The molecule has 1 fully saturated rings. The number of hydrogen-bond acceptors (Lipinski definition) is 2. The summed E-state index contributed by atoms with van der Waals surface area (Å²) in [6, 6.07) is 9.97. The van der Waals surface area contributed by atoms with Crippen molar-refractivity contribution in [2.24, 2.45) is 0 Å². The topological polar surface area (TPSA) is 15.3 Å². The molecule has 0 aromatic heterocycles. The first-order valence-corrected chi connectivity index (χ1v) is 6.63. The van der Waals surface area contributed by atoms with Crippen LogP contribution in [0, 0.1) is 0 Å². The van der Waals surface area contributed by atoms with Crippen molar-refractivity contribution in [2.45, 2.75) is 25.4 Å². The molecule has 88 valence electrons. The maximum Gasteiger partial charge on any atom is 0.0345 e. The Hall–Kier alpha value is -0.380. The fourth-order valence-electron chi connectivity index (χ4n) is 2.03. The van der Waals surface area contributed by atoms with Crippen LogP contribution in [0.15, 0.2) is 28.7 Å². The van der Waals surface area contributed by atoms with Crippen LogP contribution >= 0.6 is 15.9 Å². The van der Waals surface area contributed by atoms with Gasteiger partial charge in [-0.15, -0.1) is 0 Å². The summed E-state index contributed by atoms with van der Waals surface area (Å²) in [7, 11) is 2.23. The zero-order valence-electron chi connectivity index (χ0n) is 9.91. The lowest BCUT2D eigenvalue weighted by Gasteiger charge is -2.39. The van der Waals surface area contributed by atoms with Gasteiger partial charge in [-0.2, -0.15) is 0 Å². The minimum absolute atomic E-state index is 0.605. The number of likely N-dealkylation sites (N-methyl/N-ethyl adjacent to an activating group) is 1. The average molecular weight is 283 g/mol. The molecular weight excluding hydrogens is 264 g/mol. The highest BCUT2D eigenvalue weighted by atomic mass is 79.9. The van der Waals surface area contributed by atoms with Crippen molar-refractivity contribution in [3.63, 3.8) is 0 Å². The predicted molar refractivity (Wildman–Crippen MR) is 71.7 cm³/mol. The van der Waals surface area contributed by atoms with Gasteiger partial charge in [-0.3, -0.25) is 4.90 Å². The Morgan fingerprint density at radius 2 is 2.00 bits per heavy atom. The molecule has 2 rings (SSSR count). The Morgan fingerprint density at radius 3 is 2.50 bits per heavy atom.